The van der Waals surface area contributed by atoms with Gasteiger partial charge in [-0.2, -0.15) is 5.10 Å². The number of halogens is 3. The van der Waals surface area contributed by atoms with Gasteiger partial charge in [0, 0.05) is 19.1 Å². The molecule has 1 aromatic heterocycles. The standard InChI is InChI=1S/C16H20F3N5O/c1-22(2)13-7-8-23(9-13)10-15-20-11-21-24(15)12-3-5-14(6-4-12)25-16(17,18)19/h3-6,11,13H,7-10H2,1-2H3/t13-/m0/s1. The van der Waals surface area contributed by atoms with Crippen molar-refractivity contribution in [1.29, 1.82) is 0 Å². The third-order valence-electron chi connectivity index (χ3n) is 4.28. The van der Waals surface area contributed by atoms with Crippen LogP contribution in [0.1, 0.15) is 12.2 Å². The number of likely N-dealkylation sites (N-methyl/N-ethyl adjacent to an activating group) is 1. The number of alkyl halides is 3. The van der Waals surface area contributed by atoms with Gasteiger partial charge >= 0.3 is 6.36 Å². The van der Waals surface area contributed by atoms with E-state index in [2.05, 4.69) is 38.7 Å². The lowest BCUT2D eigenvalue weighted by molar-refractivity contribution is -0.274. The highest BCUT2D eigenvalue weighted by Crippen LogP contribution is 2.24. The number of ether oxygens (including phenoxy) is 1. The number of nitrogens with zero attached hydrogens (tertiary/aromatic N) is 5. The molecule has 9 heteroatoms. The summed E-state index contributed by atoms with van der Waals surface area (Å²) in [5, 5.41) is 4.19. The van der Waals surface area contributed by atoms with Crippen LogP contribution in [0.3, 0.4) is 0 Å². The Morgan fingerprint density at radius 1 is 1.24 bits per heavy atom. The molecule has 1 fully saturated rings. The van der Waals surface area contributed by atoms with Crippen molar-refractivity contribution < 1.29 is 17.9 Å². The summed E-state index contributed by atoms with van der Waals surface area (Å²) in [6.07, 6.45) is -2.14. The lowest BCUT2D eigenvalue weighted by atomic mass is 10.2. The molecule has 0 bridgehead atoms. The molecule has 0 amide bonds. The van der Waals surface area contributed by atoms with Crippen LogP contribution in [-0.4, -0.2) is 64.2 Å². The van der Waals surface area contributed by atoms with E-state index in [1.807, 2.05) is 0 Å². The van der Waals surface area contributed by atoms with E-state index in [9.17, 15) is 13.2 Å². The molecule has 1 aliphatic rings. The molecule has 0 aliphatic carbocycles. The highest BCUT2D eigenvalue weighted by atomic mass is 19.4. The quantitative estimate of drug-likeness (QED) is 0.824. The monoisotopic (exact) mass is 355 g/mol. The van der Waals surface area contributed by atoms with Crippen LogP contribution < -0.4 is 4.74 Å². The first-order chi connectivity index (χ1) is 11.8. The highest BCUT2D eigenvalue weighted by Gasteiger charge is 2.31. The summed E-state index contributed by atoms with van der Waals surface area (Å²) in [4.78, 5) is 8.80. The first kappa shape index (κ1) is 17.7. The van der Waals surface area contributed by atoms with Crippen LogP contribution in [0.4, 0.5) is 13.2 Å². The van der Waals surface area contributed by atoms with E-state index in [-0.39, 0.29) is 5.75 Å². The Morgan fingerprint density at radius 3 is 2.56 bits per heavy atom. The molecule has 0 N–H and O–H groups in total. The van der Waals surface area contributed by atoms with E-state index in [0.717, 1.165) is 25.3 Å². The van der Waals surface area contributed by atoms with Crippen LogP contribution in [0.15, 0.2) is 30.6 Å². The van der Waals surface area contributed by atoms with E-state index >= 15 is 0 Å². The molecule has 25 heavy (non-hydrogen) atoms. The van der Waals surface area contributed by atoms with E-state index in [0.29, 0.717) is 18.3 Å². The Hall–Kier alpha value is -2.13. The van der Waals surface area contributed by atoms with E-state index in [4.69, 9.17) is 0 Å². The summed E-state index contributed by atoms with van der Waals surface area (Å²) in [5.74, 6) is 0.496. The first-order valence-electron chi connectivity index (χ1n) is 7.96. The molecule has 1 saturated heterocycles. The summed E-state index contributed by atoms with van der Waals surface area (Å²) in [6.45, 7) is 2.58. The van der Waals surface area contributed by atoms with Crippen molar-refractivity contribution in [3.05, 3.63) is 36.4 Å². The third-order valence-corrected chi connectivity index (χ3v) is 4.28. The van der Waals surface area contributed by atoms with Crippen LogP contribution in [-0.2, 0) is 6.54 Å². The molecule has 136 valence electrons. The molecule has 6 nitrogen and oxygen atoms in total. The fourth-order valence-electron chi connectivity index (χ4n) is 2.96. The molecule has 1 atom stereocenters. The van der Waals surface area contributed by atoms with Gasteiger partial charge < -0.3 is 9.64 Å². The normalized spacial score (nSPS) is 18.9. The van der Waals surface area contributed by atoms with Gasteiger partial charge in [-0.1, -0.05) is 0 Å². The minimum absolute atomic E-state index is 0.258. The second kappa shape index (κ2) is 7.01. The summed E-state index contributed by atoms with van der Waals surface area (Å²) in [6, 6.07) is 6.13. The molecule has 0 saturated carbocycles. The molecular formula is C16H20F3N5O. The smallest absolute Gasteiger partial charge is 0.406 e. The van der Waals surface area contributed by atoms with Crippen molar-refractivity contribution in [2.24, 2.45) is 0 Å². The Morgan fingerprint density at radius 2 is 1.96 bits per heavy atom. The number of hydrogen-bond donors (Lipinski definition) is 0. The molecular weight excluding hydrogens is 335 g/mol. The lowest BCUT2D eigenvalue weighted by Crippen LogP contribution is -2.31. The SMILES string of the molecule is CN(C)[C@H]1CCN(Cc2ncnn2-c2ccc(OC(F)(F)F)cc2)C1. The third kappa shape index (κ3) is 4.49. The fraction of sp³-hybridized carbons (Fsp3) is 0.500. The Balaban J connectivity index is 1.69. The number of rotatable bonds is 5. The average molecular weight is 355 g/mol. The van der Waals surface area contributed by atoms with Crippen LogP contribution in [0.2, 0.25) is 0 Å². The second-order valence-corrected chi connectivity index (χ2v) is 6.27. The summed E-state index contributed by atoms with van der Waals surface area (Å²) < 4.78 is 42.2. The van der Waals surface area contributed by atoms with Gasteiger partial charge in [0.15, 0.2) is 0 Å². The predicted molar refractivity (Wildman–Crippen MR) is 85.4 cm³/mol. The maximum Gasteiger partial charge on any atom is 0.573 e. The van der Waals surface area contributed by atoms with Gasteiger partial charge in [-0.3, -0.25) is 4.90 Å². The van der Waals surface area contributed by atoms with E-state index < -0.39 is 6.36 Å². The Kier molecular flexibility index (Phi) is 4.96. The minimum Gasteiger partial charge on any atom is -0.406 e. The van der Waals surface area contributed by atoms with Gasteiger partial charge in [0.2, 0.25) is 0 Å². The van der Waals surface area contributed by atoms with Crippen LogP contribution in [0, 0.1) is 0 Å². The molecule has 2 aromatic rings. The number of likely N-dealkylation sites (tertiary alicyclic amines) is 1. The molecule has 1 aliphatic heterocycles. The van der Waals surface area contributed by atoms with E-state index in [1.54, 1.807) is 4.68 Å². The summed E-state index contributed by atoms with van der Waals surface area (Å²) >= 11 is 0. The summed E-state index contributed by atoms with van der Waals surface area (Å²) in [7, 11) is 4.14. The molecule has 0 radical (unpaired) electrons. The zero-order valence-electron chi connectivity index (χ0n) is 14.1. The minimum atomic E-state index is -4.70. The van der Waals surface area contributed by atoms with Crippen LogP contribution in [0.25, 0.3) is 5.69 Å². The van der Waals surface area contributed by atoms with Crippen molar-refractivity contribution in [3.8, 4) is 11.4 Å². The number of benzene rings is 1. The van der Waals surface area contributed by atoms with E-state index in [1.165, 1.54) is 30.6 Å². The van der Waals surface area contributed by atoms with Gasteiger partial charge in [-0.15, -0.1) is 13.2 Å². The molecule has 2 heterocycles. The van der Waals surface area contributed by atoms with Crippen LogP contribution in [0.5, 0.6) is 5.75 Å². The average Bonchev–Trinajstić information content (AvgIpc) is 3.16. The Labute approximate surface area is 143 Å². The maximum absolute atomic E-state index is 12.2. The molecule has 0 unspecified atom stereocenters. The predicted octanol–water partition coefficient (Wildman–Crippen LogP) is 2.30. The van der Waals surface area contributed by atoms with Crippen LogP contribution >= 0.6 is 0 Å². The van der Waals surface area contributed by atoms with Gasteiger partial charge in [0.1, 0.15) is 17.9 Å². The topological polar surface area (TPSA) is 46.4 Å². The van der Waals surface area contributed by atoms with Gasteiger partial charge in [0.25, 0.3) is 0 Å². The van der Waals surface area contributed by atoms with Crippen molar-refractivity contribution in [2.75, 3.05) is 27.2 Å². The molecule has 3 rings (SSSR count). The van der Waals surface area contributed by atoms with Gasteiger partial charge in [-0.25, -0.2) is 9.67 Å². The fourth-order valence-corrected chi connectivity index (χ4v) is 2.96. The van der Waals surface area contributed by atoms with Gasteiger partial charge in [-0.05, 0) is 44.8 Å². The molecule has 1 aromatic carbocycles. The molecule has 0 spiro atoms. The highest BCUT2D eigenvalue weighted by molar-refractivity contribution is 5.37. The zero-order valence-corrected chi connectivity index (χ0v) is 14.1. The maximum atomic E-state index is 12.2. The number of aromatic nitrogens is 3. The first-order valence-corrected chi connectivity index (χ1v) is 7.96. The van der Waals surface area contributed by atoms with Crippen molar-refractivity contribution >= 4 is 0 Å². The zero-order chi connectivity index (χ0) is 18.0. The number of hydrogen-bond acceptors (Lipinski definition) is 5. The van der Waals surface area contributed by atoms with Crippen molar-refractivity contribution in [1.82, 2.24) is 24.6 Å². The van der Waals surface area contributed by atoms with Crippen molar-refractivity contribution in [2.45, 2.75) is 25.4 Å². The largest absolute Gasteiger partial charge is 0.573 e. The Bertz CT molecular complexity index is 699. The van der Waals surface area contributed by atoms with Gasteiger partial charge in [0.05, 0.1) is 12.2 Å². The lowest BCUT2D eigenvalue weighted by Gasteiger charge is -2.20. The second-order valence-electron chi connectivity index (χ2n) is 6.27. The summed E-state index contributed by atoms with van der Waals surface area (Å²) in [5.41, 5.74) is 0.644. The van der Waals surface area contributed by atoms with Crippen molar-refractivity contribution in [3.63, 3.8) is 0 Å².